The number of anilines is 1. The average Bonchev–Trinajstić information content (AvgIpc) is 2.51. The molecular formula is C15H12Cl2F2N2O3. The largest absolute Gasteiger partial charge is 0.514 e. The lowest BCUT2D eigenvalue weighted by Gasteiger charge is -2.13. The van der Waals surface area contributed by atoms with E-state index in [1.165, 1.54) is 18.2 Å². The van der Waals surface area contributed by atoms with Gasteiger partial charge in [0.1, 0.15) is 17.0 Å². The molecule has 0 amide bonds. The zero-order valence-electron chi connectivity index (χ0n) is 12.6. The fourth-order valence-electron chi connectivity index (χ4n) is 1.98. The molecule has 0 aliphatic carbocycles. The summed E-state index contributed by atoms with van der Waals surface area (Å²) in [6.07, 6.45) is -2.71. The molecule has 128 valence electrons. The Bertz CT molecular complexity index is 801. The summed E-state index contributed by atoms with van der Waals surface area (Å²) in [4.78, 5) is 15.2. The van der Waals surface area contributed by atoms with E-state index in [1.807, 2.05) is 0 Å². The summed E-state index contributed by atoms with van der Waals surface area (Å²) in [5.41, 5.74) is 5.33. The van der Waals surface area contributed by atoms with Gasteiger partial charge in [-0.15, -0.1) is 0 Å². The molecule has 0 bridgehead atoms. The van der Waals surface area contributed by atoms with Crippen LogP contribution in [0.2, 0.25) is 10.0 Å². The summed E-state index contributed by atoms with van der Waals surface area (Å²) in [6.45, 7) is 1.16. The van der Waals surface area contributed by atoms with Gasteiger partial charge in [-0.2, -0.15) is 0 Å². The molecule has 2 aromatic rings. The molecule has 5 nitrogen and oxygen atoms in total. The number of aromatic nitrogens is 1. The first kappa shape index (κ1) is 18.2. The number of alkyl halides is 1. The summed E-state index contributed by atoms with van der Waals surface area (Å²) in [5, 5.41) is -0.197. The van der Waals surface area contributed by atoms with E-state index in [2.05, 4.69) is 9.72 Å². The first-order valence-electron chi connectivity index (χ1n) is 6.60. The first-order valence-corrected chi connectivity index (χ1v) is 7.36. The number of halogens is 4. The fraction of sp³-hybridized carbons (Fsp3) is 0.200. The van der Waals surface area contributed by atoms with Crippen LogP contribution in [-0.2, 0) is 4.74 Å². The second-order valence-corrected chi connectivity index (χ2v) is 5.50. The molecule has 1 unspecified atom stereocenters. The number of pyridine rings is 1. The summed E-state index contributed by atoms with van der Waals surface area (Å²) < 4.78 is 37.3. The van der Waals surface area contributed by atoms with Gasteiger partial charge in [-0.05, 0) is 25.1 Å². The Morgan fingerprint density at radius 3 is 2.62 bits per heavy atom. The van der Waals surface area contributed by atoms with Crippen LogP contribution in [0.3, 0.4) is 0 Å². The smallest absolute Gasteiger partial charge is 0.437 e. The summed E-state index contributed by atoms with van der Waals surface area (Å²) >= 11 is 11.7. The van der Waals surface area contributed by atoms with Gasteiger partial charge in [0.25, 0.3) is 0 Å². The molecule has 0 aliphatic rings. The number of ether oxygens (including phenoxy) is 2. The van der Waals surface area contributed by atoms with Crippen molar-refractivity contribution in [2.75, 3.05) is 12.8 Å². The van der Waals surface area contributed by atoms with Crippen LogP contribution in [-0.4, -0.2) is 18.2 Å². The zero-order chi connectivity index (χ0) is 18.0. The maximum absolute atomic E-state index is 14.6. The third-order valence-corrected chi connectivity index (χ3v) is 3.81. The minimum Gasteiger partial charge on any atom is -0.437 e. The number of rotatable bonds is 3. The molecule has 0 fully saturated rings. The summed E-state index contributed by atoms with van der Waals surface area (Å²) in [6, 6.07) is 3.91. The van der Waals surface area contributed by atoms with E-state index < -0.39 is 18.1 Å². The van der Waals surface area contributed by atoms with Crippen molar-refractivity contribution in [3.8, 4) is 17.1 Å². The van der Waals surface area contributed by atoms with Gasteiger partial charge in [0.2, 0.25) is 5.88 Å². The van der Waals surface area contributed by atoms with E-state index in [0.29, 0.717) is 0 Å². The third-order valence-electron chi connectivity index (χ3n) is 3.10. The van der Waals surface area contributed by atoms with Gasteiger partial charge in [0.15, 0.2) is 0 Å². The molecule has 0 aliphatic heterocycles. The lowest BCUT2D eigenvalue weighted by Crippen LogP contribution is -2.10. The van der Waals surface area contributed by atoms with Gasteiger partial charge in [0.05, 0.1) is 18.5 Å². The molecule has 2 N–H and O–H groups in total. The summed E-state index contributed by atoms with van der Waals surface area (Å²) in [7, 11) is 1.09. The van der Waals surface area contributed by atoms with Crippen LogP contribution in [0.1, 0.15) is 18.7 Å². The molecule has 9 heteroatoms. The van der Waals surface area contributed by atoms with Crippen molar-refractivity contribution in [3.05, 3.63) is 39.6 Å². The topological polar surface area (TPSA) is 74.4 Å². The van der Waals surface area contributed by atoms with E-state index in [0.717, 1.165) is 14.0 Å². The molecule has 24 heavy (non-hydrogen) atoms. The van der Waals surface area contributed by atoms with Crippen molar-refractivity contribution >= 4 is 35.0 Å². The molecule has 1 heterocycles. The first-order chi connectivity index (χ1) is 11.3. The van der Waals surface area contributed by atoms with Crippen molar-refractivity contribution in [3.63, 3.8) is 0 Å². The molecule has 1 atom stereocenters. The van der Waals surface area contributed by atoms with Gasteiger partial charge in [-0.3, -0.25) is 0 Å². The van der Waals surface area contributed by atoms with E-state index in [1.54, 1.807) is 0 Å². The second-order valence-electron chi connectivity index (χ2n) is 4.71. The summed E-state index contributed by atoms with van der Waals surface area (Å²) in [5.74, 6) is -1.25. The Kier molecular flexibility index (Phi) is 5.46. The fourth-order valence-corrected chi connectivity index (χ4v) is 2.41. The molecular weight excluding hydrogens is 365 g/mol. The van der Waals surface area contributed by atoms with E-state index in [9.17, 15) is 13.6 Å². The van der Waals surface area contributed by atoms with Crippen LogP contribution >= 0.6 is 23.2 Å². The Labute approximate surface area is 146 Å². The van der Waals surface area contributed by atoms with Gasteiger partial charge in [-0.1, -0.05) is 23.2 Å². The minimum absolute atomic E-state index is 0.00753. The van der Waals surface area contributed by atoms with Crippen LogP contribution in [0.5, 0.6) is 5.88 Å². The minimum atomic E-state index is -1.63. The highest BCUT2D eigenvalue weighted by Gasteiger charge is 2.22. The Morgan fingerprint density at radius 2 is 2.04 bits per heavy atom. The highest BCUT2D eigenvalue weighted by atomic mass is 35.5. The van der Waals surface area contributed by atoms with Gasteiger partial charge in [-0.25, -0.2) is 18.6 Å². The highest BCUT2D eigenvalue weighted by molar-refractivity contribution is 6.34. The number of nitrogens with zero attached hydrogens (tertiary/aromatic N) is 1. The average molecular weight is 377 g/mol. The van der Waals surface area contributed by atoms with Crippen LogP contribution in [0.4, 0.5) is 19.3 Å². The predicted octanol–water partition coefficient (Wildman–Crippen LogP) is 4.95. The van der Waals surface area contributed by atoms with Crippen molar-refractivity contribution in [1.82, 2.24) is 4.98 Å². The highest BCUT2D eigenvalue weighted by Crippen LogP contribution is 2.37. The Balaban J connectivity index is 2.61. The molecule has 0 saturated carbocycles. The van der Waals surface area contributed by atoms with Gasteiger partial charge < -0.3 is 15.2 Å². The van der Waals surface area contributed by atoms with Crippen molar-refractivity contribution in [2.45, 2.75) is 13.1 Å². The number of hydrogen-bond donors (Lipinski definition) is 1. The number of nitrogen functional groups attached to an aromatic ring is 1. The number of hydrogen-bond acceptors (Lipinski definition) is 5. The molecule has 2 rings (SSSR count). The number of benzene rings is 1. The number of carbonyl (C=O) groups is 1. The Hall–Kier alpha value is -2.12. The van der Waals surface area contributed by atoms with Crippen LogP contribution in [0, 0.1) is 5.82 Å². The normalized spacial score (nSPS) is 11.9. The number of nitrogens with two attached hydrogens (primary N) is 1. The Morgan fingerprint density at radius 1 is 1.38 bits per heavy atom. The maximum atomic E-state index is 14.6. The number of carbonyl (C=O) groups excluding carboxylic acids is 1. The van der Waals surface area contributed by atoms with E-state index in [4.69, 9.17) is 33.7 Å². The maximum Gasteiger partial charge on any atom is 0.514 e. The van der Waals surface area contributed by atoms with Gasteiger partial charge >= 0.3 is 6.16 Å². The molecule has 1 aromatic carbocycles. The van der Waals surface area contributed by atoms with Crippen LogP contribution in [0.15, 0.2) is 18.2 Å². The monoisotopic (exact) mass is 376 g/mol. The molecule has 0 spiro atoms. The van der Waals surface area contributed by atoms with Crippen LogP contribution < -0.4 is 10.5 Å². The molecule has 0 radical (unpaired) electrons. The standard InChI is InChI=1S/C15H12Cl2F2N2O3/c1-6(18)11-8(16)4-3-7(13(11)19)10-5-9(20)12(17)14(21-10)24-15(22)23-2/h3-6H,1-2H3,(H2,20,21). The van der Waals surface area contributed by atoms with Crippen molar-refractivity contribution in [1.29, 1.82) is 0 Å². The molecule has 0 saturated heterocycles. The quantitative estimate of drug-likeness (QED) is 0.766. The zero-order valence-corrected chi connectivity index (χ0v) is 14.1. The second kappa shape index (κ2) is 7.19. The van der Waals surface area contributed by atoms with Crippen molar-refractivity contribution < 1.29 is 23.0 Å². The SMILES string of the molecule is COC(=O)Oc1nc(-c2ccc(Cl)c(C(C)F)c2F)cc(N)c1Cl. The lowest BCUT2D eigenvalue weighted by atomic mass is 10.0. The number of methoxy groups -OCH3 is 1. The van der Waals surface area contributed by atoms with Gasteiger partial charge in [0, 0.05) is 16.1 Å². The van der Waals surface area contributed by atoms with E-state index in [-0.39, 0.29) is 38.4 Å². The third kappa shape index (κ3) is 3.52. The lowest BCUT2D eigenvalue weighted by molar-refractivity contribution is 0.120. The predicted molar refractivity (Wildman–Crippen MR) is 86.6 cm³/mol. The van der Waals surface area contributed by atoms with Crippen LogP contribution in [0.25, 0.3) is 11.3 Å². The molecule has 1 aromatic heterocycles. The van der Waals surface area contributed by atoms with E-state index >= 15 is 0 Å². The van der Waals surface area contributed by atoms with Crippen molar-refractivity contribution in [2.24, 2.45) is 0 Å².